The Bertz CT molecular complexity index is 849. The highest BCUT2D eigenvalue weighted by molar-refractivity contribution is 6.35. The summed E-state index contributed by atoms with van der Waals surface area (Å²) in [7, 11) is 0. The summed E-state index contributed by atoms with van der Waals surface area (Å²) in [6, 6.07) is 9.08. The molecule has 0 spiro atoms. The zero-order chi connectivity index (χ0) is 19.4. The van der Waals surface area contributed by atoms with Crippen molar-refractivity contribution in [1.29, 1.82) is 0 Å². The Balaban J connectivity index is 1.80. The smallest absolute Gasteiger partial charge is 0.409 e. The van der Waals surface area contributed by atoms with Gasteiger partial charge >= 0.3 is 6.09 Å². The third kappa shape index (κ3) is 5.26. The summed E-state index contributed by atoms with van der Waals surface area (Å²) in [6.45, 7) is 1.74. The lowest BCUT2D eigenvalue weighted by atomic mass is 10.2. The van der Waals surface area contributed by atoms with Gasteiger partial charge in [0.1, 0.15) is 5.75 Å². The van der Waals surface area contributed by atoms with E-state index >= 15 is 0 Å². The third-order valence-electron chi connectivity index (χ3n) is 3.77. The quantitative estimate of drug-likeness (QED) is 0.766. The molecule has 1 aliphatic rings. The van der Waals surface area contributed by atoms with E-state index in [1.165, 1.54) is 23.1 Å². The molecule has 9 heteroatoms. The fourth-order valence-electron chi connectivity index (χ4n) is 2.50. The molecule has 0 aromatic heterocycles. The van der Waals surface area contributed by atoms with Crippen molar-refractivity contribution in [2.45, 2.75) is 0 Å². The lowest BCUT2D eigenvalue weighted by molar-refractivity contribution is 0.0415. The maximum absolute atomic E-state index is 12.7. The number of benzene rings is 2. The maximum Gasteiger partial charge on any atom is 0.415 e. The number of nitrogens with one attached hydrogen (secondary N) is 1. The molecular formula is C18H15Cl3N2O4. The number of anilines is 1. The maximum atomic E-state index is 12.7. The summed E-state index contributed by atoms with van der Waals surface area (Å²) < 4.78 is 10.6. The molecule has 0 bridgehead atoms. The average molecular weight is 430 g/mol. The Morgan fingerprint density at radius 3 is 2.30 bits per heavy atom. The standard InChI is InChI=1S/C18H15Cl3N2O4/c19-11-1-2-16(27-18(25)23-3-5-26-6-4-23)15(10-11)17(24)22-14-8-12(20)7-13(21)9-14/h1-2,7-10H,3-6H2,(H,22,24). The first kappa shape index (κ1) is 19.8. The van der Waals surface area contributed by atoms with Crippen molar-refractivity contribution < 1.29 is 19.1 Å². The largest absolute Gasteiger partial charge is 0.415 e. The number of carbonyl (C=O) groups is 2. The van der Waals surface area contributed by atoms with E-state index in [1.54, 1.807) is 18.2 Å². The van der Waals surface area contributed by atoms with Gasteiger partial charge in [-0.1, -0.05) is 34.8 Å². The van der Waals surface area contributed by atoms with Gasteiger partial charge in [-0.05, 0) is 36.4 Å². The van der Waals surface area contributed by atoms with Crippen molar-refractivity contribution in [1.82, 2.24) is 4.90 Å². The van der Waals surface area contributed by atoms with Gasteiger partial charge in [0.2, 0.25) is 0 Å². The molecule has 0 atom stereocenters. The van der Waals surface area contributed by atoms with Crippen LogP contribution in [0, 0.1) is 0 Å². The Morgan fingerprint density at radius 2 is 1.63 bits per heavy atom. The van der Waals surface area contributed by atoms with Crippen molar-refractivity contribution in [2.75, 3.05) is 31.6 Å². The second kappa shape index (κ2) is 8.80. The molecule has 1 N–H and O–H groups in total. The van der Waals surface area contributed by atoms with Crippen LogP contribution < -0.4 is 10.1 Å². The summed E-state index contributed by atoms with van der Waals surface area (Å²) in [5, 5.41) is 3.75. The van der Waals surface area contributed by atoms with Gasteiger partial charge < -0.3 is 19.7 Å². The van der Waals surface area contributed by atoms with Crippen LogP contribution in [0.4, 0.5) is 10.5 Å². The van der Waals surface area contributed by atoms with Gasteiger partial charge in [0.05, 0.1) is 18.8 Å². The van der Waals surface area contributed by atoms with Crippen LogP contribution >= 0.6 is 34.8 Å². The van der Waals surface area contributed by atoms with E-state index in [0.29, 0.717) is 47.1 Å². The first-order chi connectivity index (χ1) is 12.9. The van der Waals surface area contributed by atoms with Crippen molar-refractivity contribution in [3.8, 4) is 5.75 Å². The van der Waals surface area contributed by atoms with Gasteiger partial charge in [0.15, 0.2) is 0 Å². The SMILES string of the molecule is O=C(Nc1cc(Cl)cc(Cl)c1)c1cc(Cl)ccc1OC(=O)N1CCOCC1. The van der Waals surface area contributed by atoms with Crippen LogP contribution in [-0.4, -0.2) is 43.2 Å². The number of carbonyl (C=O) groups excluding carboxylic acids is 2. The van der Waals surface area contributed by atoms with E-state index in [-0.39, 0.29) is 11.3 Å². The zero-order valence-corrected chi connectivity index (χ0v) is 16.3. The molecule has 0 saturated carbocycles. The first-order valence-corrected chi connectivity index (χ1v) is 9.17. The van der Waals surface area contributed by atoms with E-state index in [0.717, 1.165) is 0 Å². The minimum absolute atomic E-state index is 0.0986. The molecule has 1 fully saturated rings. The van der Waals surface area contributed by atoms with Crippen molar-refractivity contribution in [2.24, 2.45) is 0 Å². The minimum Gasteiger partial charge on any atom is -0.409 e. The van der Waals surface area contributed by atoms with E-state index in [4.69, 9.17) is 44.3 Å². The van der Waals surface area contributed by atoms with E-state index in [1.807, 2.05) is 0 Å². The summed E-state index contributed by atoms with van der Waals surface area (Å²) in [5.41, 5.74) is 0.517. The van der Waals surface area contributed by atoms with Crippen molar-refractivity contribution >= 4 is 52.5 Å². The molecule has 142 valence electrons. The fraction of sp³-hybridized carbons (Fsp3) is 0.222. The van der Waals surface area contributed by atoms with Crippen LogP contribution in [0.5, 0.6) is 5.75 Å². The Labute approximate surface area is 170 Å². The molecule has 3 rings (SSSR count). The molecule has 1 saturated heterocycles. The molecule has 2 aromatic carbocycles. The van der Waals surface area contributed by atoms with Crippen molar-refractivity contribution in [3.63, 3.8) is 0 Å². The van der Waals surface area contributed by atoms with E-state index in [2.05, 4.69) is 5.32 Å². The van der Waals surface area contributed by atoms with Crippen LogP contribution in [-0.2, 0) is 4.74 Å². The van der Waals surface area contributed by atoms with Crippen LogP contribution in [0.1, 0.15) is 10.4 Å². The molecule has 2 aromatic rings. The van der Waals surface area contributed by atoms with Gasteiger partial charge in [0, 0.05) is 33.8 Å². The molecular weight excluding hydrogens is 415 g/mol. The lowest BCUT2D eigenvalue weighted by Crippen LogP contribution is -2.42. The summed E-state index contributed by atoms with van der Waals surface area (Å²) >= 11 is 17.9. The Morgan fingerprint density at radius 1 is 0.963 bits per heavy atom. The van der Waals surface area contributed by atoms with Crippen LogP contribution in [0.15, 0.2) is 36.4 Å². The average Bonchev–Trinajstić information content (AvgIpc) is 2.63. The van der Waals surface area contributed by atoms with Crippen LogP contribution in [0.3, 0.4) is 0 Å². The predicted octanol–water partition coefficient (Wildman–Crippen LogP) is 4.73. The monoisotopic (exact) mass is 428 g/mol. The highest BCUT2D eigenvalue weighted by Gasteiger charge is 2.22. The molecule has 27 heavy (non-hydrogen) atoms. The number of nitrogens with zero attached hydrogens (tertiary/aromatic N) is 1. The van der Waals surface area contributed by atoms with Crippen molar-refractivity contribution in [3.05, 3.63) is 57.0 Å². The van der Waals surface area contributed by atoms with Gasteiger partial charge in [-0.15, -0.1) is 0 Å². The number of halogens is 3. The zero-order valence-electron chi connectivity index (χ0n) is 14.0. The topological polar surface area (TPSA) is 67.9 Å². The van der Waals surface area contributed by atoms with Gasteiger partial charge in [0.25, 0.3) is 5.91 Å². The predicted molar refractivity (Wildman–Crippen MR) is 104 cm³/mol. The molecule has 0 radical (unpaired) electrons. The molecule has 6 nitrogen and oxygen atoms in total. The summed E-state index contributed by atoms with van der Waals surface area (Å²) in [5.74, 6) is -0.415. The normalized spacial score (nSPS) is 14.0. The lowest BCUT2D eigenvalue weighted by Gasteiger charge is -2.26. The second-order valence-electron chi connectivity index (χ2n) is 5.72. The number of morpholine rings is 1. The number of hydrogen-bond donors (Lipinski definition) is 1. The Kier molecular flexibility index (Phi) is 6.44. The molecule has 1 heterocycles. The molecule has 0 aliphatic carbocycles. The summed E-state index contributed by atoms with van der Waals surface area (Å²) in [6.07, 6.45) is -0.555. The molecule has 0 unspecified atom stereocenters. The van der Waals surface area contributed by atoms with Crippen LogP contribution in [0.25, 0.3) is 0 Å². The third-order valence-corrected chi connectivity index (χ3v) is 4.44. The van der Waals surface area contributed by atoms with Crippen LogP contribution in [0.2, 0.25) is 15.1 Å². The minimum atomic E-state index is -0.555. The van der Waals surface area contributed by atoms with Gasteiger partial charge in [-0.25, -0.2) is 4.79 Å². The number of amides is 2. The number of ether oxygens (including phenoxy) is 2. The number of hydrogen-bond acceptors (Lipinski definition) is 4. The number of rotatable bonds is 3. The van der Waals surface area contributed by atoms with E-state index in [9.17, 15) is 9.59 Å². The van der Waals surface area contributed by atoms with E-state index < -0.39 is 12.0 Å². The first-order valence-electron chi connectivity index (χ1n) is 8.04. The summed E-state index contributed by atoms with van der Waals surface area (Å²) in [4.78, 5) is 26.5. The molecule has 1 aliphatic heterocycles. The highest BCUT2D eigenvalue weighted by atomic mass is 35.5. The second-order valence-corrected chi connectivity index (χ2v) is 7.03. The highest BCUT2D eigenvalue weighted by Crippen LogP contribution is 2.27. The van der Waals surface area contributed by atoms with Gasteiger partial charge in [-0.3, -0.25) is 4.79 Å². The fourth-order valence-corrected chi connectivity index (χ4v) is 3.20. The van der Waals surface area contributed by atoms with Gasteiger partial charge in [-0.2, -0.15) is 0 Å². The Hall–Kier alpha value is -1.99. The molecule has 2 amide bonds.